The molecule has 2 unspecified atom stereocenters. The Hall–Kier alpha value is -0.0800. The van der Waals surface area contributed by atoms with Crippen molar-refractivity contribution < 1.29 is 4.74 Å². The Kier molecular flexibility index (Phi) is 9.30. The van der Waals surface area contributed by atoms with Crippen LogP contribution in [0.1, 0.15) is 40.0 Å². The molecule has 142 valence electrons. The quantitative estimate of drug-likeness (QED) is 0.405. The van der Waals surface area contributed by atoms with Gasteiger partial charge >= 0.3 is 0 Å². The Morgan fingerprint density at radius 2 is 1.79 bits per heavy atom. The topological polar surface area (TPSA) is 40.1 Å². The number of rotatable bonds is 4. The summed E-state index contributed by atoms with van der Waals surface area (Å²) in [5.41, 5.74) is 0.145. The van der Waals surface area contributed by atoms with Crippen molar-refractivity contribution in [1.82, 2.24) is 15.1 Å². The van der Waals surface area contributed by atoms with E-state index in [1.165, 1.54) is 6.42 Å². The lowest BCUT2D eigenvalue weighted by atomic mass is 9.89. The average Bonchev–Trinajstić information content (AvgIpc) is 2.51. The van der Waals surface area contributed by atoms with Crippen molar-refractivity contribution in [1.29, 1.82) is 0 Å². The van der Waals surface area contributed by atoms with Crippen molar-refractivity contribution in [2.75, 3.05) is 53.5 Å². The summed E-state index contributed by atoms with van der Waals surface area (Å²) in [4.78, 5) is 9.87. The molecule has 0 saturated carbocycles. The van der Waals surface area contributed by atoms with Gasteiger partial charge in [-0.2, -0.15) is 0 Å². The van der Waals surface area contributed by atoms with Crippen LogP contribution in [0.4, 0.5) is 0 Å². The fourth-order valence-electron chi connectivity index (χ4n) is 3.98. The molecule has 6 heteroatoms. The largest absolute Gasteiger partial charge is 0.381 e. The molecule has 2 atom stereocenters. The summed E-state index contributed by atoms with van der Waals surface area (Å²) in [6.45, 7) is 12.6. The first-order valence-electron chi connectivity index (χ1n) is 9.25. The van der Waals surface area contributed by atoms with E-state index in [4.69, 9.17) is 9.73 Å². The SMILES string of the molecule is CCNC(=NCC1(N(C)C)CCOCC1)N1CC(C)CC(C)C1.I. The minimum atomic E-state index is 0. The van der Waals surface area contributed by atoms with Gasteiger partial charge in [-0.3, -0.25) is 4.99 Å². The molecule has 0 aliphatic carbocycles. The van der Waals surface area contributed by atoms with E-state index in [-0.39, 0.29) is 29.5 Å². The van der Waals surface area contributed by atoms with Crippen molar-refractivity contribution >= 4 is 29.9 Å². The summed E-state index contributed by atoms with van der Waals surface area (Å²) in [5, 5.41) is 3.52. The minimum absolute atomic E-state index is 0. The van der Waals surface area contributed by atoms with E-state index in [1.54, 1.807) is 0 Å². The predicted octanol–water partition coefficient (Wildman–Crippen LogP) is 2.66. The monoisotopic (exact) mass is 452 g/mol. The van der Waals surface area contributed by atoms with Crippen LogP contribution in [0.2, 0.25) is 0 Å². The number of hydrogen-bond donors (Lipinski definition) is 1. The predicted molar refractivity (Wildman–Crippen MR) is 112 cm³/mol. The molecule has 0 aromatic rings. The zero-order valence-corrected chi connectivity index (χ0v) is 18.5. The highest BCUT2D eigenvalue weighted by Crippen LogP contribution is 2.27. The van der Waals surface area contributed by atoms with Gasteiger partial charge in [0.05, 0.1) is 6.54 Å². The van der Waals surface area contributed by atoms with E-state index in [0.717, 1.165) is 70.0 Å². The van der Waals surface area contributed by atoms with Crippen LogP contribution in [0.3, 0.4) is 0 Å². The number of guanidine groups is 1. The van der Waals surface area contributed by atoms with Gasteiger partial charge in [-0.15, -0.1) is 24.0 Å². The molecule has 2 heterocycles. The van der Waals surface area contributed by atoms with Crippen LogP contribution >= 0.6 is 24.0 Å². The summed E-state index contributed by atoms with van der Waals surface area (Å²) < 4.78 is 5.57. The Morgan fingerprint density at radius 3 is 2.29 bits per heavy atom. The molecule has 5 nitrogen and oxygen atoms in total. The third-order valence-electron chi connectivity index (χ3n) is 5.40. The van der Waals surface area contributed by atoms with Crippen LogP contribution in [0.25, 0.3) is 0 Å². The molecule has 2 aliphatic rings. The number of aliphatic imine (C=N–C) groups is 1. The van der Waals surface area contributed by atoms with Gasteiger partial charge in [-0.1, -0.05) is 13.8 Å². The number of hydrogen-bond acceptors (Lipinski definition) is 3. The van der Waals surface area contributed by atoms with Crippen molar-refractivity contribution in [3.05, 3.63) is 0 Å². The summed E-state index contributed by atoms with van der Waals surface area (Å²) in [6.07, 6.45) is 3.46. The van der Waals surface area contributed by atoms with Gasteiger partial charge in [0.1, 0.15) is 0 Å². The van der Waals surface area contributed by atoms with Gasteiger partial charge in [0.25, 0.3) is 0 Å². The smallest absolute Gasteiger partial charge is 0.193 e. The molecular formula is C18H37IN4O. The van der Waals surface area contributed by atoms with Gasteiger partial charge in [0.15, 0.2) is 5.96 Å². The molecule has 2 aliphatic heterocycles. The average molecular weight is 452 g/mol. The van der Waals surface area contributed by atoms with Crippen molar-refractivity contribution in [3.8, 4) is 0 Å². The summed E-state index contributed by atoms with van der Waals surface area (Å²) in [5.74, 6) is 2.58. The molecule has 2 fully saturated rings. The standard InChI is InChI=1S/C18H36N4O.HI/c1-6-19-17(22-12-15(2)11-16(3)13-22)20-14-18(21(4)5)7-9-23-10-8-18;/h15-16H,6-14H2,1-5H3,(H,19,20);1H. The zero-order chi connectivity index (χ0) is 16.9. The fraction of sp³-hybridized carbons (Fsp3) is 0.944. The van der Waals surface area contributed by atoms with Gasteiger partial charge < -0.3 is 19.9 Å². The number of nitrogens with zero attached hydrogens (tertiary/aromatic N) is 3. The summed E-state index contributed by atoms with van der Waals surface area (Å²) in [6, 6.07) is 0. The second kappa shape index (κ2) is 10.2. The van der Waals surface area contributed by atoms with E-state index < -0.39 is 0 Å². The lowest BCUT2D eigenvalue weighted by Crippen LogP contribution is -2.53. The third kappa shape index (κ3) is 5.73. The number of ether oxygens (including phenoxy) is 1. The molecule has 0 radical (unpaired) electrons. The van der Waals surface area contributed by atoms with Gasteiger partial charge in [-0.05, 0) is 52.1 Å². The fourth-order valence-corrected chi connectivity index (χ4v) is 3.98. The Labute approximate surface area is 165 Å². The van der Waals surface area contributed by atoms with Crippen molar-refractivity contribution in [2.24, 2.45) is 16.8 Å². The molecule has 0 bridgehead atoms. The lowest BCUT2D eigenvalue weighted by molar-refractivity contribution is -0.00268. The van der Waals surface area contributed by atoms with E-state index in [2.05, 4.69) is 50.0 Å². The maximum absolute atomic E-state index is 5.57. The second-order valence-corrected chi connectivity index (χ2v) is 7.75. The summed E-state index contributed by atoms with van der Waals surface area (Å²) in [7, 11) is 4.36. The molecule has 0 spiro atoms. The molecule has 1 N–H and O–H groups in total. The van der Waals surface area contributed by atoms with E-state index >= 15 is 0 Å². The van der Waals surface area contributed by atoms with Crippen LogP contribution in [0, 0.1) is 11.8 Å². The number of nitrogens with one attached hydrogen (secondary N) is 1. The summed E-state index contributed by atoms with van der Waals surface area (Å²) >= 11 is 0. The molecule has 0 amide bonds. The Bertz CT molecular complexity index is 386. The molecular weight excluding hydrogens is 415 g/mol. The first kappa shape index (κ1) is 22.0. The first-order valence-corrected chi connectivity index (χ1v) is 9.25. The third-order valence-corrected chi connectivity index (χ3v) is 5.40. The highest BCUT2D eigenvalue weighted by Gasteiger charge is 2.35. The highest BCUT2D eigenvalue weighted by atomic mass is 127. The maximum Gasteiger partial charge on any atom is 0.193 e. The number of likely N-dealkylation sites (N-methyl/N-ethyl adjacent to an activating group) is 1. The van der Waals surface area contributed by atoms with Gasteiger partial charge in [0.2, 0.25) is 0 Å². The van der Waals surface area contributed by atoms with Crippen molar-refractivity contribution in [3.63, 3.8) is 0 Å². The molecule has 0 aromatic carbocycles. The van der Waals surface area contributed by atoms with Crippen LogP contribution < -0.4 is 5.32 Å². The second-order valence-electron chi connectivity index (χ2n) is 7.75. The van der Waals surface area contributed by atoms with Crippen LogP contribution in [-0.4, -0.2) is 74.8 Å². The lowest BCUT2D eigenvalue weighted by Gasteiger charge is -2.42. The van der Waals surface area contributed by atoms with Gasteiger partial charge in [-0.25, -0.2) is 0 Å². The first-order chi connectivity index (χ1) is 11.0. The number of piperidine rings is 1. The zero-order valence-electron chi connectivity index (χ0n) is 16.2. The van der Waals surface area contributed by atoms with E-state index in [9.17, 15) is 0 Å². The molecule has 24 heavy (non-hydrogen) atoms. The highest BCUT2D eigenvalue weighted by molar-refractivity contribution is 14.0. The Morgan fingerprint density at radius 1 is 1.21 bits per heavy atom. The van der Waals surface area contributed by atoms with Crippen LogP contribution in [-0.2, 0) is 4.74 Å². The minimum Gasteiger partial charge on any atom is -0.381 e. The Balaban J connectivity index is 0.00000288. The molecule has 2 saturated heterocycles. The van der Waals surface area contributed by atoms with E-state index in [0.29, 0.717) is 0 Å². The van der Waals surface area contributed by atoms with Crippen LogP contribution in [0.5, 0.6) is 0 Å². The van der Waals surface area contributed by atoms with E-state index in [1.807, 2.05) is 0 Å². The maximum atomic E-state index is 5.57. The number of halogens is 1. The molecule has 0 aromatic heterocycles. The van der Waals surface area contributed by atoms with Crippen LogP contribution in [0.15, 0.2) is 4.99 Å². The normalized spacial score (nSPS) is 27.8. The number of likely N-dealkylation sites (tertiary alicyclic amines) is 1. The van der Waals surface area contributed by atoms with Crippen molar-refractivity contribution in [2.45, 2.75) is 45.6 Å². The van der Waals surface area contributed by atoms with Gasteiger partial charge in [0, 0.05) is 38.4 Å². The molecule has 2 rings (SSSR count).